The molecule has 0 saturated carbocycles. The smallest absolute Gasteiger partial charge is 0.251 e. The Kier molecular flexibility index (Phi) is 4.92. The highest BCUT2D eigenvalue weighted by Gasteiger charge is 2.30. The first-order valence-corrected chi connectivity index (χ1v) is 8.95. The van der Waals surface area contributed by atoms with Crippen molar-refractivity contribution in [3.8, 4) is 0 Å². The van der Waals surface area contributed by atoms with Crippen LogP contribution in [0.15, 0.2) is 36.8 Å². The lowest BCUT2D eigenvalue weighted by atomic mass is 10.2. The third kappa shape index (κ3) is 3.75. The second kappa shape index (κ2) is 7.65. The van der Waals surface area contributed by atoms with Crippen molar-refractivity contribution >= 4 is 23.4 Å². The van der Waals surface area contributed by atoms with Crippen LogP contribution >= 0.6 is 0 Å². The summed E-state index contributed by atoms with van der Waals surface area (Å²) in [6.45, 7) is 3.57. The molecule has 0 radical (unpaired) electrons. The normalized spacial score (nSPS) is 20.2. The summed E-state index contributed by atoms with van der Waals surface area (Å²) < 4.78 is 5.51. The van der Waals surface area contributed by atoms with Crippen LogP contribution in [0.3, 0.4) is 0 Å². The molecule has 136 valence electrons. The molecule has 2 aromatic heterocycles. The zero-order valence-corrected chi connectivity index (χ0v) is 14.5. The molecule has 2 aromatic rings. The van der Waals surface area contributed by atoms with Gasteiger partial charge < -0.3 is 19.9 Å². The molecule has 2 aliphatic rings. The van der Waals surface area contributed by atoms with E-state index in [1.54, 1.807) is 12.5 Å². The number of rotatable bonds is 4. The first-order chi connectivity index (χ1) is 12.8. The van der Waals surface area contributed by atoms with E-state index in [1.807, 2.05) is 29.2 Å². The Labute approximate surface area is 152 Å². The summed E-state index contributed by atoms with van der Waals surface area (Å²) in [5.41, 5.74) is 0. The molecule has 1 N–H and O–H groups in total. The lowest BCUT2D eigenvalue weighted by molar-refractivity contribution is -0.141. The van der Waals surface area contributed by atoms with Crippen LogP contribution in [0.1, 0.15) is 12.8 Å². The Morgan fingerprint density at radius 2 is 2.00 bits per heavy atom. The maximum Gasteiger partial charge on any atom is 0.251 e. The van der Waals surface area contributed by atoms with Gasteiger partial charge in [-0.3, -0.25) is 4.79 Å². The van der Waals surface area contributed by atoms with Crippen LogP contribution in [0.25, 0.3) is 0 Å². The quantitative estimate of drug-likeness (QED) is 0.889. The molecule has 2 saturated heterocycles. The van der Waals surface area contributed by atoms with Crippen LogP contribution in [0.5, 0.6) is 0 Å². The highest BCUT2D eigenvalue weighted by atomic mass is 16.5. The van der Waals surface area contributed by atoms with Crippen LogP contribution in [-0.2, 0) is 9.53 Å². The number of hydrogen-bond acceptors (Lipinski definition) is 7. The number of piperazine rings is 1. The van der Waals surface area contributed by atoms with E-state index in [1.165, 1.54) is 0 Å². The molecular formula is C18H22N6O2. The average Bonchev–Trinajstić information content (AvgIpc) is 3.23. The van der Waals surface area contributed by atoms with Gasteiger partial charge in [0.2, 0.25) is 0 Å². The Morgan fingerprint density at radius 3 is 2.73 bits per heavy atom. The van der Waals surface area contributed by atoms with E-state index in [0.29, 0.717) is 25.5 Å². The van der Waals surface area contributed by atoms with Gasteiger partial charge in [-0.25, -0.2) is 15.0 Å². The van der Waals surface area contributed by atoms with E-state index in [9.17, 15) is 4.79 Å². The monoisotopic (exact) mass is 354 g/mol. The summed E-state index contributed by atoms with van der Waals surface area (Å²) in [4.78, 5) is 29.4. The number of carbonyl (C=O) groups excluding carboxylic acids is 1. The zero-order chi connectivity index (χ0) is 17.8. The molecule has 1 amide bonds. The molecular weight excluding hydrogens is 332 g/mol. The van der Waals surface area contributed by atoms with E-state index in [0.717, 1.165) is 37.6 Å². The van der Waals surface area contributed by atoms with E-state index >= 15 is 0 Å². The molecule has 4 heterocycles. The van der Waals surface area contributed by atoms with Gasteiger partial charge in [-0.2, -0.15) is 0 Å². The number of nitrogens with zero attached hydrogens (tertiary/aromatic N) is 5. The van der Waals surface area contributed by atoms with Crippen LogP contribution < -0.4 is 10.2 Å². The molecule has 2 fully saturated rings. The van der Waals surface area contributed by atoms with Gasteiger partial charge in [0.1, 0.15) is 29.9 Å². The largest absolute Gasteiger partial charge is 0.368 e. The molecule has 1 atom stereocenters. The molecule has 4 rings (SSSR count). The summed E-state index contributed by atoms with van der Waals surface area (Å²) in [5, 5.41) is 3.18. The lowest BCUT2D eigenvalue weighted by Crippen LogP contribution is -2.51. The van der Waals surface area contributed by atoms with Gasteiger partial charge in [0, 0.05) is 45.0 Å². The predicted molar refractivity (Wildman–Crippen MR) is 97.3 cm³/mol. The predicted octanol–water partition coefficient (Wildman–Crippen LogP) is 1.44. The van der Waals surface area contributed by atoms with Gasteiger partial charge in [0.15, 0.2) is 0 Å². The molecule has 0 bridgehead atoms. The second-order valence-corrected chi connectivity index (χ2v) is 6.42. The fourth-order valence-corrected chi connectivity index (χ4v) is 3.29. The molecule has 26 heavy (non-hydrogen) atoms. The summed E-state index contributed by atoms with van der Waals surface area (Å²) >= 11 is 0. The number of nitrogens with one attached hydrogen (secondary N) is 1. The Balaban J connectivity index is 1.37. The van der Waals surface area contributed by atoms with Crippen LogP contribution in [0.4, 0.5) is 17.5 Å². The fourth-order valence-electron chi connectivity index (χ4n) is 3.29. The topological polar surface area (TPSA) is 83.5 Å². The summed E-state index contributed by atoms with van der Waals surface area (Å²) in [6, 6.07) is 7.58. The fraction of sp³-hybridized carbons (Fsp3) is 0.444. The van der Waals surface area contributed by atoms with Crippen molar-refractivity contribution in [2.75, 3.05) is 43.0 Å². The van der Waals surface area contributed by atoms with E-state index in [-0.39, 0.29) is 12.0 Å². The maximum atomic E-state index is 12.4. The number of carbonyl (C=O) groups is 1. The number of anilines is 3. The minimum absolute atomic E-state index is 0.127. The number of ether oxygens (including phenoxy) is 1. The number of amides is 1. The van der Waals surface area contributed by atoms with Gasteiger partial charge in [-0.1, -0.05) is 6.07 Å². The molecule has 2 aliphatic heterocycles. The van der Waals surface area contributed by atoms with Gasteiger partial charge in [0.05, 0.1) is 0 Å². The second-order valence-electron chi connectivity index (χ2n) is 6.42. The van der Waals surface area contributed by atoms with E-state index < -0.39 is 0 Å². The van der Waals surface area contributed by atoms with Crippen molar-refractivity contribution in [2.24, 2.45) is 0 Å². The Bertz CT molecular complexity index is 742. The third-order valence-electron chi connectivity index (χ3n) is 4.69. The van der Waals surface area contributed by atoms with Crippen molar-refractivity contribution in [1.82, 2.24) is 19.9 Å². The standard InChI is InChI=1S/C18H22N6O2/c25-18(14-4-3-11-26-14)24-9-7-23(8-10-24)17-12-16(20-13-21-17)22-15-5-1-2-6-19-15/h1-2,5-6,12-14H,3-4,7-11H2,(H,19,20,21,22)/t14-/m1/s1. The molecule has 8 nitrogen and oxygen atoms in total. The first kappa shape index (κ1) is 16.7. The molecule has 0 aliphatic carbocycles. The zero-order valence-electron chi connectivity index (χ0n) is 14.5. The van der Waals surface area contributed by atoms with Crippen molar-refractivity contribution in [1.29, 1.82) is 0 Å². The lowest BCUT2D eigenvalue weighted by Gasteiger charge is -2.36. The summed E-state index contributed by atoms with van der Waals surface area (Å²) in [6.07, 6.45) is 4.85. The first-order valence-electron chi connectivity index (χ1n) is 8.95. The molecule has 0 spiro atoms. The van der Waals surface area contributed by atoms with E-state index in [4.69, 9.17) is 4.74 Å². The molecule has 0 aromatic carbocycles. The van der Waals surface area contributed by atoms with Crippen molar-refractivity contribution in [2.45, 2.75) is 18.9 Å². The van der Waals surface area contributed by atoms with Gasteiger partial charge >= 0.3 is 0 Å². The van der Waals surface area contributed by atoms with Gasteiger partial charge in [-0.15, -0.1) is 0 Å². The average molecular weight is 354 g/mol. The SMILES string of the molecule is O=C([C@H]1CCCO1)N1CCN(c2cc(Nc3ccccn3)ncn2)CC1. The number of hydrogen-bond donors (Lipinski definition) is 1. The highest BCUT2D eigenvalue weighted by Crippen LogP contribution is 2.20. The van der Waals surface area contributed by atoms with Crippen molar-refractivity contribution in [3.05, 3.63) is 36.8 Å². The third-order valence-corrected chi connectivity index (χ3v) is 4.69. The Hall–Kier alpha value is -2.74. The van der Waals surface area contributed by atoms with Gasteiger partial charge in [-0.05, 0) is 25.0 Å². The summed E-state index contributed by atoms with van der Waals surface area (Å²) in [7, 11) is 0. The molecule has 0 unspecified atom stereocenters. The minimum Gasteiger partial charge on any atom is -0.368 e. The maximum absolute atomic E-state index is 12.4. The van der Waals surface area contributed by atoms with E-state index in [2.05, 4.69) is 25.2 Å². The van der Waals surface area contributed by atoms with Gasteiger partial charge in [0.25, 0.3) is 5.91 Å². The molecule has 8 heteroatoms. The minimum atomic E-state index is -0.241. The van der Waals surface area contributed by atoms with Crippen LogP contribution in [-0.4, -0.2) is 64.6 Å². The number of aromatic nitrogens is 3. The number of pyridine rings is 1. The van der Waals surface area contributed by atoms with Crippen molar-refractivity contribution in [3.63, 3.8) is 0 Å². The summed E-state index contributed by atoms with van der Waals surface area (Å²) in [5.74, 6) is 2.42. The highest BCUT2D eigenvalue weighted by molar-refractivity contribution is 5.81. The van der Waals surface area contributed by atoms with Crippen LogP contribution in [0.2, 0.25) is 0 Å². The van der Waals surface area contributed by atoms with Crippen molar-refractivity contribution < 1.29 is 9.53 Å². The Morgan fingerprint density at radius 1 is 1.12 bits per heavy atom. The van der Waals surface area contributed by atoms with Crippen LogP contribution in [0, 0.1) is 0 Å².